The number of benzene rings is 8. The lowest BCUT2D eigenvalue weighted by molar-refractivity contribution is 0.589. The SMILES string of the molecule is O=P1(C2=CC=CCC2)c2ccccc2-c2cc3c(-c4ccccc4)c4cc5c(cc4c(-c4ccccc4)c3cc21)P(=O)(c1ccccc1)c1ccccc1-5. The van der Waals surface area contributed by atoms with Crippen molar-refractivity contribution in [2.75, 3.05) is 0 Å². The summed E-state index contributed by atoms with van der Waals surface area (Å²) in [5.74, 6) is 0. The van der Waals surface area contributed by atoms with Crippen LogP contribution in [0.15, 0.2) is 187 Å². The van der Waals surface area contributed by atoms with E-state index in [1.54, 1.807) is 0 Å². The highest BCUT2D eigenvalue weighted by Gasteiger charge is 2.43. The molecule has 256 valence electrons. The third kappa shape index (κ3) is 4.30. The van der Waals surface area contributed by atoms with Crippen molar-refractivity contribution in [1.82, 2.24) is 0 Å². The molecule has 0 aromatic heterocycles. The van der Waals surface area contributed by atoms with E-state index in [1.165, 1.54) is 0 Å². The zero-order valence-electron chi connectivity index (χ0n) is 29.4. The molecule has 54 heavy (non-hydrogen) atoms. The van der Waals surface area contributed by atoms with Crippen molar-refractivity contribution in [2.45, 2.75) is 12.8 Å². The maximum Gasteiger partial charge on any atom is 0.172 e. The van der Waals surface area contributed by atoms with Crippen molar-refractivity contribution in [1.29, 1.82) is 0 Å². The summed E-state index contributed by atoms with van der Waals surface area (Å²) in [6.45, 7) is 0. The Morgan fingerprint density at radius 1 is 0.407 bits per heavy atom. The van der Waals surface area contributed by atoms with Gasteiger partial charge in [-0.3, -0.25) is 0 Å². The molecule has 0 saturated carbocycles. The minimum absolute atomic E-state index is 0.777. The molecule has 0 bridgehead atoms. The van der Waals surface area contributed by atoms with E-state index in [1.807, 2.05) is 42.5 Å². The van der Waals surface area contributed by atoms with Crippen LogP contribution in [-0.2, 0) is 9.13 Å². The predicted molar refractivity (Wildman–Crippen MR) is 229 cm³/mol. The molecule has 0 radical (unpaired) electrons. The summed E-state index contributed by atoms with van der Waals surface area (Å²) in [5.41, 5.74) is 8.54. The van der Waals surface area contributed by atoms with Crippen LogP contribution in [0.4, 0.5) is 0 Å². The molecule has 0 saturated heterocycles. The minimum atomic E-state index is -3.22. The topological polar surface area (TPSA) is 34.1 Å². The second-order valence-corrected chi connectivity index (χ2v) is 20.0. The summed E-state index contributed by atoms with van der Waals surface area (Å²) in [6, 6.07) is 56.9. The standard InChI is InChI=1S/C50H34O2P2/c51-53(35-21-9-3-10-22-35)45-27-15-13-25-37(45)39-29-41-43(31-47(39)53)50(34-19-7-2-8-20-34)44-32-48-40(30-42(44)49(41)33-17-5-1-6-18-33)38-26-14-16-28-46(38)54(48,52)36-23-11-4-12-24-36/h1-11,13-23,25-32H,12,24H2. The Kier molecular flexibility index (Phi) is 6.97. The molecule has 4 heteroatoms. The second-order valence-electron chi connectivity index (χ2n) is 14.5. The molecule has 11 rings (SSSR count). The minimum Gasteiger partial charge on any atom is -0.309 e. The molecule has 0 N–H and O–H groups in total. The Hall–Kier alpha value is -5.78. The van der Waals surface area contributed by atoms with Crippen molar-refractivity contribution in [3.63, 3.8) is 0 Å². The van der Waals surface area contributed by atoms with E-state index < -0.39 is 14.3 Å². The van der Waals surface area contributed by atoms with Gasteiger partial charge in [-0.05, 0) is 108 Å². The first kappa shape index (κ1) is 31.7. The summed E-state index contributed by atoms with van der Waals surface area (Å²) in [5, 5.41) is 9.78. The number of allylic oxidation sites excluding steroid dienone is 4. The summed E-state index contributed by atoms with van der Waals surface area (Å²) in [7, 11) is -6.35. The molecule has 0 spiro atoms. The smallest absolute Gasteiger partial charge is 0.172 e. The van der Waals surface area contributed by atoms with E-state index in [0.717, 1.165) is 111 Å². The van der Waals surface area contributed by atoms with Crippen molar-refractivity contribution in [3.05, 3.63) is 187 Å². The molecular formula is C50H34O2P2. The summed E-state index contributed by atoms with van der Waals surface area (Å²) in [4.78, 5) is 0. The van der Waals surface area contributed by atoms with Crippen LogP contribution in [0.25, 0.3) is 66.1 Å². The number of hydrogen-bond acceptors (Lipinski definition) is 2. The maximum atomic E-state index is 15.9. The van der Waals surface area contributed by atoms with Gasteiger partial charge in [-0.25, -0.2) is 0 Å². The van der Waals surface area contributed by atoms with E-state index in [2.05, 4.69) is 140 Å². The molecule has 2 heterocycles. The molecule has 3 aliphatic rings. The average molecular weight is 729 g/mol. The van der Waals surface area contributed by atoms with E-state index in [0.29, 0.717) is 0 Å². The number of rotatable bonds is 4. The Labute approximate surface area is 314 Å². The number of fused-ring (bicyclic) bond motifs is 8. The van der Waals surface area contributed by atoms with Gasteiger partial charge in [-0.1, -0.05) is 158 Å². The lowest BCUT2D eigenvalue weighted by Gasteiger charge is -2.23. The van der Waals surface area contributed by atoms with Crippen LogP contribution in [0.1, 0.15) is 12.8 Å². The van der Waals surface area contributed by atoms with Crippen molar-refractivity contribution in [3.8, 4) is 44.5 Å². The van der Waals surface area contributed by atoms with Gasteiger partial charge < -0.3 is 9.13 Å². The highest BCUT2D eigenvalue weighted by Crippen LogP contribution is 2.62. The van der Waals surface area contributed by atoms with Gasteiger partial charge in [0.2, 0.25) is 0 Å². The first-order valence-electron chi connectivity index (χ1n) is 18.6. The summed E-state index contributed by atoms with van der Waals surface area (Å²) < 4.78 is 31.8. The molecule has 8 aromatic rings. The molecule has 0 fully saturated rings. The van der Waals surface area contributed by atoms with Gasteiger partial charge in [0, 0.05) is 26.5 Å². The van der Waals surface area contributed by atoms with Gasteiger partial charge >= 0.3 is 0 Å². The first-order chi connectivity index (χ1) is 26.6. The summed E-state index contributed by atoms with van der Waals surface area (Å²) in [6.07, 6.45) is 7.99. The van der Waals surface area contributed by atoms with Gasteiger partial charge in [0.05, 0.1) is 0 Å². The normalized spacial score (nSPS) is 19.3. The molecule has 1 aliphatic carbocycles. The van der Waals surface area contributed by atoms with E-state index in [9.17, 15) is 0 Å². The Bertz CT molecular complexity index is 3030. The second kappa shape index (κ2) is 11.9. The molecule has 0 amide bonds. The van der Waals surface area contributed by atoms with Gasteiger partial charge in [-0.2, -0.15) is 0 Å². The van der Waals surface area contributed by atoms with E-state index in [-0.39, 0.29) is 0 Å². The van der Waals surface area contributed by atoms with Crippen LogP contribution < -0.4 is 26.5 Å². The number of hydrogen-bond donors (Lipinski definition) is 0. The van der Waals surface area contributed by atoms with Crippen LogP contribution >= 0.6 is 14.3 Å². The van der Waals surface area contributed by atoms with E-state index in [4.69, 9.17) is 0 Å². The fourth-order valence-electron chi connectivity index (χ4n) is 9.37. The lowest BCUT2D eigenvalue weighted by atomic mass is 9.84. The quantitative estimate of drug-likeness (QED) is 0.134. The molecule has 8 aromatic carbocycles. The zero-order chi connectivity index (χ0) is 36.0. The third-order valence-electron chi connectivity index (χ3n) is 11.7. The first-order valence-corrected chi connectivity index (χ1v) is 22.0. The van der Waals surface area contributed by atoms with Gasteiger partial charge in [-0.15, -0.1) is 0 Å². The Balaban J connectivity index is 1.35. The highest BCUT2D eigenvalue weighted by molar-refractivity contribution is 7.86. The zero-order valence-corrected chi connectivity index (χ0v) is 31.2. The van der Waals surface area contributed by atoms with Crippen LogP contribution in [0.2, 0.25) is 0 Å². The van der Waals surface area contributed by atoms with Gasteiger partial charge in [0.15, 0.2) is 14.3 Å². The summed E-state index contributed by atoms with van der Waals surface area (Å²) >= 11 is 0. The fraction of sp³-hybridized carbons (Fsp3) is 0.0400. The van der Waals surface area contributed by atoms with Gasteiger partial charge in [0.1, 0.15) is 0 Å². The molecule has 2 atom stereocenters. The monoisotopic (exact) mass is 728 g/mol. The molecular weight excluding hydrogens is 694 g/mol. The van der Waals surface area contributed by atoms with Crippen LogP contribution in [0.5, 0.6) is 0 Å². The van der Waals surface area contributed by atoms with Crippen LogP contribution in [-0.4, -0.2) is 0 Å². The van der Waals surface area contributed by atoms with Crippen LogP contribution in [0, 0.1) is 0 Å². The third-order valence-corrected chi connectivity index (χ3v) is 18.2. The van der Waals surface area contributed by atoms with E-state index >= 15 is 9.13 Å². The Morgan fingerprint density at radius 2 is 0.852 bits per heavy atom. The van der Waals surface area contributed by atoms with Crippen LogP contribution in [0.3, 0.4) is 0 Å². The van der Waals surface area contributed by atoms with Gasteiger partial charge in [0.25, 0.3) is 0 Å². The fourth-order valence-corrected chi connectivity index (χ4v) is 15.7. The Morgan fingerprint density at radius 3 is 1.37 bits per heavy atom. The predicted octanol–water partition coefficient (Wildman–Crippen LogP) is 11.5. The van der Waals surface area contributed by atoms with Crippen molar-refractivity contribution in [2.24, 2.45) is 0 Å². The molecule has 2 nitrogen and oxygen atoms in total. The highest BCUT2D eigenvalue weighted by atomic mass is 31.2. The molecule has 2 unspecified atom stereocenters. The maximum absolute atomic E-state index is 15.9. The average Bonchev–Trinajstić information content (AvgIpc) is 3.65. The van der Waals surface area contributed by atoms with Crippen molar-refractivity contribution < 1.29 is 9.13 Å². The lowest BCUT2D eigenvalue weighted by Crippen LogP contribution is -2.20. The van der Waals surface area contributed by atoms with Crippen molar-refractivity contribution >= 4 is 62.4 Å². The molecule has 2 aliphatic heterocycles. The largest absolute Gasteiger partial charge is 0.309 e.